The van der Waals surface area contributed by atoms with E-state index in [9.17, 15) is 13.2 Å². The Morgan fingerprint density at radius 3 is 2.19 bits per heavy atom. The van der Waals surface area contributed by atoms with Crippen LogP contribution < -0.4 is 0 Å². The molecule has 0 aromatic rings. The first-order chi connectivity index (χ1) is 14.9. The standard InChI is InChI=1S/C24H44ClF3O4/c1-18(2)17-31-19(3)14-21(32-20-10-6-5-7-11-20)15-22(30-13-9-8-12-29)16-24(25,28)23(4,26)27/h18-22,29H,5-17H2,1-4H3. The van der Waals surface area contributed by atoms with Crippen LogP contribution in [0, 0.1) is 5.92 Å². The van der Waals surface area contributed by atoms with E-state index in [1.807, 2.05) is 6.92 Å². The molecule has 1 saturated carbocycles. The fourth-order valence-electron chi connectivity index (χ4n) is 3.91. The van der Waals surface area contributed by atoms with Crippen molar-refractivity contribution in [1.82, 2.24) is 0 Å². The highest BCUT2D eigenvalue weighted by atomic mass is 35.5. The van der Waals surface area contributed by atoms with Crippen LogP contribution in [0.3, 0.4) is 0 Å². The van der Waals surface area contributed by atoms with E-state index in [1.165, 1.54) is 6.42 Å². The molecule has 0 aromatic heterocycles. The molecule has 1 aliphatic rings. The van der Waals surface area contributed by atoms with E-state index in [-0.39, 0.29) is 37.9 Å². The molecule has 1 fully saturated rings. The number of alkyl halides is 4. The van der Waals surface area contributed by atoms with E-state index < -0.39 is 23.6 Å². The molecule has 0 bridgehead atoms. The van der Waals surface area contributed by atoms with Crippen molar-refractivity contribution in [1.29, 1.82) is 0 Å². The summed E-state index contributed by atoms with van der Waals surface area (Å²) in [5, 5.41) is 5.77. The maximum Gasteiger partial charge on any atom is 0.292 e. The fourth-order valence-corrected chi connectivity index (χ4v) is 4.08. The van der Waals surface area contributed by atoms with Crippen LogP contribution in [0.25, 0.3) is 0 Å². The number of aliphatic hydroxyl groups excluding tert-OH is 1. The number of unbranched alkanes of at least 4 members (excludes halogenated alkanes) is 1. The molecule has 1 N–H and O–H groups in total. The summed E-state index contributed by atoms with van der Waals surface area (Å²) in [4.78, 5) is 0. The first-order valence-electron chi connectivity index (χ1n) is 12.2. The Bertz CT molecular complexity index is 482. The largest absolute Gasteiger partial charge is 0.396 e. The summed E-state index contributed by atoms with van der Waals surface area (Å²) in [6.07, 6.45) is 5.52. The van der Waals surface area contributed by atoms with Crippen molar-refractivity contribution in [2.45, 2.75) is 127 Å². The second-order valence-corrected chi connectivity index (χ2v) is 10.3. The van der Waals surface area contributed by atoms with Crippen LogP contribution in [0.15, 0.2) is 0 Å². The van der Waals surface area contributed by atoms with Gasteiger partial charge in [0.25, 0.3) is 5.92 Å². The maximum atomic E-state index is 14.6. The second kappa shape index (κ2) is 15.0. The van der Waals surface area contributed by atoms with Gasteiger partial charge in [-0.25, -0.2) is 13.2 Å². The van der Waals surface area contributed by atoms with Gasteiger partial charge in [-0.15, -0.1) is 0 Å². The minimum atomic E-state index is -3.70. The molecule has 1 rings (SSSR count). The lowest BCUT2D eigenvalue weighted by Gasteiger charge is -2.34. The first kappa shape index (κ1) is 30.0. The molecule has 0 amide bonds. The van der Waals surface area contributed by atoms with E-state index in [4.69, 9.17) is 30.9 Å². The normalized spacial score (nSPS) is 20.8. The number of aliphatic hydroxyl groups is 1. The second-order valence-electron chi connectivity index (χ2n) is 9.75. The minimum Gasteiger partial charge on any atom is -0.396 e. The smallest absolute Gasteiger partial charge is 0.292 e. The molecule has 4 unspecified atom stereocenters. The molecule has 32 heavy (non-hydrogen) atoms. The molecule has 8 heteroatoms. The summed E-state index contributed by atoms with van der Waals surface area (Å²) in [7, 11) is 0. The zero-order valence-electron chi connectivity index (χ0n) is 20.3. The van der Waals surface area contributed by atoms with Crippen molar-refractivity contribution in [3.05, 3.63) is 0 Å². The SMILES string of the molecule is CC(C)COC(C)CC(CC(CC(F)(Cl)C(C)(F)F)OCCCCO)OC1CCCCC1. The van der Waals surface area contributed by atoms with Crippen molar-refractivity contribution in [2.75, 3.05) is 19.8 Å². The molecule has 192 valence electrons. The minimum absolute atomic E-state index is 0.0156. The Labute approximate surface area is 197 Å². The van der Waals surface area contributed by atoms with Gasteiger partial charge < -0.3 is 19.3 Å². The lowest BCUT2D eigenvalue weighted by atomic mass is 9.96. The van der Waals surface area contributed by atoms with Gasteiger partial charge in [0, 0.05) is 39.6 Å². The fraction of sp³-hybridized carbons (Fsp3) is 1.00. The first-order valence-corrected chi connectivity index (χ1v) is 12.6. The van der Waals surface area contributed by atoms with E-state index in [2.05, 4.69) is 13.8 Å². The van der Waals surface area contributed by atoms with Crippen molar-refractivity contribution in [2.24, 2.45) is 5.92 Å². The van der Waals surface area contributed by atoms with Crippen LogP contribution in [0.5, 0.6) is 0 Å². The van der Waals surface area contributed by atoms with Gasteiger partial charge in [0.15, 0.2) is 0 Å². The van der Waals surface area contributed by atoms with Gasteiger partial charge in [0.05, 0.1) is 24.4 Å². The van der Waals surface area contributed by atoms with Gasteiger partial charge in [0.2, 0.25) is 5.13 Å². The summed E-state index contributed by atoms with van der Waals surface area (Å²) in [6, 6.07) is 0. The maximum absolute atomic E-state index is 14.6. The molecule has 0 saturated heterocycles. The van der Waals surface area contributed by atoms with Crippen molar-refractivity contribution in [3.63, 3.8) is 0 Å². The van der Waals surface area contributed by atoms with Crippen molar-refractivity contribution in [3.8, 4) is 0 Å². The number of hydrogen-bond donors (Lipinski definition) is 1. The predicted octanol–water partition coefficient (Wildman–Crippen LogP) is 6.65. The van der Waals surface area contributed by atoms with Crippen LogP contribution in [-0.4, -0.2) is 60.4 Å². The third-order valence-corrected chi connectivity index (χ3v) is 6.29. The van der Waals surface area contributed by atoms with Gasteiger partial charge in [-0.2, -0.15) is 0 Å². The molecule has 0 spiro atoms. The average Bonchev–Trinajstić information content (AvgIpc) is 2.69. The molecule has 0 aromatic carbocycles. The van der Waals surface area contributed by atoms with Gasteiger partial charge in [-0.05, 0) is 44.9 Å². The summed E-state index contributed by atoms with van der Waals surface area (Å²) < 4.78 is 60.2. The topological polar surface area (TPSA) is 47.9 Å². The summed E-state index contributed by atoms with van der Waals surface area (Å²) in [5.74, 6) is -3.30. The number of hydrogen-bond acceptors (Lipinski definition) is 4. The van der Waals surface area contributed by atoms with Crippen LogP contribution in [0.4, 0.5) is 13.2 Å². The third kappa shape index (κ3) is 12.4. The number of ether oxygens (including phenoxy) is 3. The average molecular weight is 489 g/mol. The monoisotopic (exact) mass is 488 g/mol. The molecular weight excluding hydrogens is 445 g/mol. The molecule has 4 nitrogen and oxygen atoms in total. The quantitative estimate of drug-likeness (QED) is 0.184. The Kier molecular flexibility index (Phi) is 14.1. The van der Waals surface area contributed by atoms with Crippen molar-refractivity contribution >= 4 is 11.6 Å². The van der Waals surface area contributed by atoms with Crippen molar-refractivity contribution < 1.29 is 32.5 Å². The number of halogens is 4. The van der Waals surface area contributed by atoms with E-state index in [0.29, 0.717) is 38.7 Å². The third-order valence-electron chi connectivity index (χ3n) is 5.80. The van der Waals surface area contributed by atoms with Crippen LogP contribution >= 0.6 is 11.6 Å². The molecule has 0 aliphatic heterocycles. The van der Waals surface area contributed by atoms with Gasteiger partial charge in [-0.1, -0.05) is 44.7 Å². The summed E-state index contributed by atoms with van der Waals surface area (Å²) in [6.45, 7) is 7.48. The Morgan fingerprint density at radius 2 is 1.62 bits per heavy atom. The summed E-state index contributed by atoms with van der Waals surface area (Å²) in [5.41, 5.74) is 0. The Hall–Kier alpha value is -0.0800. The van der Waals surface area contributed by atoms with Crippen LogP contribution in [0.2, 0.25) is 0 Å². The number of rotatable bonds is 17. The molecule has 0 heterocycles. The Morgan fingerprint density at radius 1 is 0.969 bits per heavy atom. The molecule has 0 radical (unpaired) electrons. The van der Waals surface area contributed by atoms with Gasteiger partial charge in [0.1, 0.15) is 0 Å². The van der Waals surface area contributed by atoms with Crippen LogP contribution in [-0.2, 0) is 14.2 Å². The highest BCUT2D eigenvalue weighted by molar-refractivity contribution is 6.23. The van der Waals surface area contributed by atoms with Gasteiger partial charge in [-0.3, -0.25) is 0 Å². The zero-order chi connectivity index (χ0) is 24.2. The highest BCUT2D eigenvalue weighted by Gasteiger charge is 2.51. The predicted molar refractivity (Wildman–Crippen MR) is 122 cm³/mol. The van der Waals surface area contributed by atoms with E-state index in [1.54, 1.807) is 0 Å². The van der Waals surface area contributed by atoms with Crippen LogP contribution in [0.1, 0.15) is 91.9 Å². The molecule has 1 aliphatic carbocycles. The molecule has 4 atom stereocenters. The Balaban J connectivity index is 2.87. The molecular formula is C24H44ClF3O4. The lowest BCUT2D eigenvalue weighted by molar-refractivity contribution is -0.119. The lowest BCUT2D eigenvalue weighted by Crippen LogP contribution is -2.42. The van der Waals surface area contributed by atoms with E-state index >= 15 is 0 Å². The highest BCUT2D eigenvalue weighted by Crippen LogP contribution is 2.41. The van der Waals surface area contributed by atoms with Gasteiger partial charge >= 0.3 is 0 Å². The summed E-state index contributed by atoms with van der Waals surface area (Å²) >= 11 is 5.61. The van der Waals surface area contributed by atoms with E-state index in [0.717, 1.165) is 25.7 Å². The zero-order valence-corrected chi connectivity index (χ0v) is 21.0.